The Morgan fingerprint density at radius 1 is 0.544 bits per heavy atom. The van der Waals surface area contributed by atoms with E-state index in [0.717, 1.165) is 49.5 Å². The van der Waals surface area contributed by atoms with Crippen molar-refractivity contribution in [1.29, 1.82) is 0 Å². The molecule has 0 saturated carbocycles. The normalized spacial score (nSPS) is 28.2. The predicted octanol–water partition coefficient (Wildman–Crippen LogP) is 7.29. The molecule has 9 heteroatoms. The summed E-state index contributed by atoms with van der Waals surface area (Å²) in [5.41, 5.74) is 0.297. The summed E-state index contributed by atoms with van der Waals surface area (Å²) in [7, 11) is 1.00. The number of ketones is 3. The summed E-state index contributed by atoms with van der Waals surface area (Å²) >= 11 is 0. The van der Waals surface area contributed by atoms with Crippen LogP contribution in [0.1, 0.15) is 78.6 Å². The number of rotatable bonds is 0. The largest absolute Gasteiger partial charge is 1.00 e. The number of hydrogen-bond acceptors (Lipinski definition) is 4. The minimum atomic E-state index is -1.17. The maximum atomic E-state index is 11.9. The first-order valence-corrected chi connectivity index (χ1v) is 19.0. The molecular formula is C48H50LiN4O4+. The number of nitrogens with zero attached hydrogens (tertiary/aromatic N) is 4. The van der Waals surface area contributed by atoms with Gasteiger partial charge in [0.1, 0.15) is 29.3 Å². The Morgan fingerprint density at radius 2 is 0.895 bits per heavy atom. The van der Waals surface area contributed by atoms with Gasteiger partial charge in [-0.05, 0) is 50.8 Å². The van der Waals surface area contributed by atoms with Crippen molar-refractivity contribution in [1.82, 2.24) is 0 Å². The van der Waals surface area contributed by atoms with Gasteiger partial charge in [0.05, 0.1) is 16.2 Å². The van der Waals surface area contributed by atoms with Gasteiger partial charge in [0, 0.05) is 50.4 Å². The molecule has 2 aromatic rings. The maximum Gasteiger partial charge on any atom is 1.00 e. The van der Waals surface area contributed by atoms with Gasteiger partial charge in [-0.15, -0.1) is 0 Å². The van der Waals surface area contributed by atoms with Gasteiger partial charge >= 0.3 is 24.5 Å². The molecule has 0 aliphatic heterocycles. The van der Waals surface area contributed by atoms with E-state index < -0.39 is 11.1 Å². The quantitative estimate of drug-likeness (QED) is 0.174. The predicted molar refractivity (Wildman–Crippen MR) is 221 cm³/mol. The van der Waals surface area contributed by atoms with Crippen LogP contribution in [0.15, 0.2) is 120 Å². The van der Waals surface area contributed by atoms with Gasteiger partial charge in [0.25, 0.3) is 0 Å². The molecule has 8 nitrogen and oxygen atoms in total. The zero-order chi connectivity index (χ0) is 41.0. The summed E-state index contributed by atoms with van der Waals surface area (Å²) in [6.45, 7) is 34.6. The fourth-order valence-corrected chi connectivity index (χ4v) is 8.36. The monoisotopic (exact) mass is 753 g/mol. The van der Waals surface area contributed by atoms with Crippen molar-refractivity contribution < 1.29 is 38.4 Å². The Balaban J connectivity index is 0.000000201. The Morgan fingerprint density at radius 3 is 1.30 bits per heavy atom. The van der Waals surface area contributed by atoms with E-state index in [-0.39, 0.29) is 59.1 Å². The number of carbonyl (C=O) groups excluding carboxylic acids is 3. The number of fused-ring (bicyclic) bond motifs is 4. The summed E-state index contributed by atoms with van der Waals surface area (Å²) in [5, 5.41) is 9.62. The third-order valence-corrected chi connectivity index (χ3v) is 11.9. The van der Waals surface area contributed by atoms with Gasteiger partial charge < -0.3 is 14.8 Å². The summed E-state index contributed by atoms with van der Waals surface area (Å²) < 4.78 is 0. The van der Waals surface area contributed by atoms with E-state index >= 15 is 0 Å². The summed E-state index contributed by atoms with van der Waals surface area (Å²) in [6.07, 6.45) is 23.1. The average Bonchev–Trinajstić information content (AvgIpc) is 3.63. The Labute approximate surface area is 350 Å². The molecule has 0 aromatic heterocycles. The third kappa shape index (κ3) is 9.45. The molecule has 0 bridgehead atoms. The second-order valence-corrected chi connectivity index (χ2v) is 15.2. The van der Waals surface area contributed by atoms with Crippen molar-refractivity contribution in [2.45, 2.75) is 96.3 Å². The maximum absolute atomic E-state index is 11.9. The first kappa shape index (κ1) is 46.1. The van der Waals surface area contributed by atoms with Gasteiger partial charge in [0.15, 0.2) is 0 Å². The van der Waals surface area contributed by atoms with Gasteiger partial charge in [-0.3, -0.25) is 14.4 Å². The molecule has 6 aliphatic carbocycles. The Kier molecular flexibility index (Phi) is 16.3. The van der Waals surface area contributed by atoms with Crippen LogP contribution in [0.25, 0.3) is 30.2 Å². The third-order valence-electron chi connectivity index (χ3n) is 11.9. The molecule has 1 unspecified atom stereocenters. The fourth-order valence-electron chi connectivity index (χ4n) is 8.36. The molecule has 5 atom stereocenters. The van der Waals surface area contributed by atoms with Gasteiger partial charge in [-0.1, -0.05) is 103 Å². The standard InChI is InChI=1S/C13H12N2O.2C12H13NO.C10H8.CH4O.Li/c1-12-8-4-5-9-13(14-2,15-3)10(12)6-7-11(12)16;2*1-12-8-4-3-5-10(13-2)9(12)6-7-11(12)14;1-2-6-10-8-4-3-7-9(10)5-1;1-2;/h4-6H,7-9H2,1H3;2*3-4,6,10H,5,7-8H2,1H3;1-8H;2H,1H3;/q;;;;;+1/t;10-,12+;10-,12-;;;/m.10.../s1. The molecule has 2 aromatic carbocycles. The van der Waals surface area contributed by atoms with Crippen LogP contribution in [-0.2, 0) is 14.4 Å². The van der Waals surface area contributed by atoms with E-state index in [0.29, 0.717) is 32.1 Å². The molecule has 0 radical (unpaired) electrons. The molecule has 8 rings (SSSR count). The second-order valence-electron chi connectivity index (χ2n) is 15.2. The van der Waals surface area contributed by atoms with E-state index in [4.69, 9.17) is 31.4 Å². The van der Waals surface area contributed by atoms with E-state index in [1.54, 1.807) is 6.08 Å². The van der Waals surface area contributed by atoms with E-state index in [1.165, 1.54) is 10.8 Å². The van der Waals surface area contributed by atoms with E-state index in [9.17, 15) is 14.4 Å². The van der Waals surface area contributed by atoms with Crippen LogP contribution in [0.3, 0.4) is 0 Å². The van der Waals surface area contributed by atoms with Crippen LogP contribution >= 0.6 is 0 Å². The number of allylic oxidation sites excluding steroid dienone is 6. The summed E-state index contributed by atoms with van der Waals surface area (Å²) in [6, 6.07) is 16.5. The van der Waals surface area contributed by atoms with Crippen molar-refractivity contribution in [2.24, 2.45) is 16.2 Å². The molecule has 6 aliphatic rings. The molecule has 286 valence electrons. The smallest absolute Gasteiger partial charge is 0.400 e. The van der Waals surface area contributed by atoms with Crippen molar-refractivity contribution in [3.05, 3.63) is 166 Å². The van der Waals surface area contributed by atoms with E-state index in [1.807, 2.05) is 69.4 Å². The molecule has 0 saturated heterocycles. The first-order valence-electron chi connectivity index (χ1n) is 19.0. The SMILES string of the molecule is CO.[C-]#[N+]C1([N+]#[C-])CC=CCC2(C)C(=O)CC=C12.[C-]#[N+][C@@H]1CC=CC[C@]2(C)C(=O)CC=C12.[C-]#[N+][C@H]1CC=CC[C@]2(C)C(=O)CC=C12.[Li+].c1ccc2ccccc2c1. The van der Waals surface area contributed by atoms with Gasteiger partial charge in [-0.2, -0.15) is 0 Å². The number of aliphatic hydroxyl groups excluding tert-OH is 1. The summed E-state index contributed by atoms with van der Waals surface area (Å²) in [5.74, 6) is 0.672. The molecule has 0 heterocycles. The number of hydrogen-bond donors (Lipinski definition) is 1. The minimum Gasteiger partial charge on any atom is -0.400 e. The van der Waals surface area contributed by atoms with Gasteiger partial charge in [0.2, 0.25) is 12.1 Å². The molecule has 0 spiro atoms. The van der Waals surface area contributed by atoms with Crippen molar-refractivity contribution in [2.75, 3.05) is 7.11 Å². The zero-order valence-electron chi connectivity index (χ0n) is 33.8. The number of Topliss-reactive ketones (excluding diaryl/α,β-unsaturated/α-hetero) is 3. The molecular weight excluding hydrogens is 703 g/mol. The Hall–Kier alpha value is -5.33. The van der Waals surface area contributed by atoms with Crippen LogP contribution < -0.4 is 18.9 Å². The van der Waals surface area contributed by atoms with E-state index in [2.05, 4.69) is 67.9 Å². The first-order chi connectivity index (χ1) is 26.9. The summed E-state index contributed by atoms with van der Waals surface area (Å²) in [4.78, 5) is 49.6. The van der Waals surface area contributed by atoms with Gasteiger partial charge in [-0.25, -0.2) is 36.0 Å². The average molecular weight is 754 g/mol. The number of carbonyl (C=O) groups is 3. The van der Waals surface area contributed by atoms with Crippen molar-refractivity contribution >= 4 is 28.1 Å². The molecule has 1 N–H and O–H groups in total. The molecule has 0 fully saturated rings. The number of benzene rings is 2. The van der Waals surface area contributed by atoms with Crippen molar-refractivity contribution in [3.8, 4) is 0 Å². The van der Waals surface area contributed by atoms with Crippen LogP contribution in [0.5, 0.6) is 0 Å². The fraction of sp³-hybridized carbons (Fsp3) is 0.396. The molecule has 57 heavy (non-hydrogen) atoms. The van der Waals surface area contributed by atoms with Crippen LogP contribution in [0.4, 0.5) is 0 Å². The number of aliphatic hydroxyl groups is 1. The van der Waals surface area contributed by atoms with Crippen molar-refractivity contribution in [3.63, 3.8) is 0 Å². The second kappa shape index (κ2) is 20.2. The zero-order valence-corrected chi connectivity index (χ0v) is 33.8. The molecule has 0 amide bonds. The van der Waals surface area contributed by atoms with Crippen LogP contribution in [-0.4, -0.2) is 47.3 Å². The van der Waals surface area contributed by atoms with Crippen LogP contribution in [0, 0.1) is 42.5 Å². The Bertz CT molecular complexity index is 2050. The minimum absolute atomic E-state index is 0. The van der Waals surface area contributed by atoms with Crippen LogP contribution in [0.2, 0.25) is 0 Å². The topological polar surface area (TPSA) is 88.9 Å².